The van der Waals surface area contributed by atoms with Gasteiger partial charge in [0, 0.05) is 17.9 Å². The van der Waals surface area contributed by atoms with Crippen molar-refractivity contribution < 1.29 is 9.59 Å². The Morgan fingerprint density at radius 2 is 2.29 bits per heavy atom. The first kappa shape index (κ1) is 13.7. The molecule has 0 saturated heterocycles. The predicted octanol–water partition coefficient (Wildman–Crippen LogP) is 2.01. The molecule has 1 aliphatic rings. The van der Waals surface area contributed by atoms with Crippen LogP contribution < -0.4 is 10.2 Å². The fourth-order valence-electron chi connectivity index (χ4n) is 2.44. The number of hydrogen-bond acceptors (Lipinski definition) is 5. The van der Waals surface area contributed by atoms with Gasteiger partial charge < -0.3 is 10.2 Å². The van der Waals surface area contributed by atoms with Crippen molar-refractivity contribution in [3.8, 4) is 0 Å². The van der Waals surface area contributed by atoms with Gasteiger partial charge in [-0.05, 0) is 49.1 Å². The molecule has 2 heterocycles. The first-order valence-electron chi connectivity index (χ1n) is 6.63. The Bertz CT molecular complexity index is 726. The van der Waals surface area contributed by atoms with E-state index in [1.165, 1.54) is 0 Å². The van der Waals surface area contributed by atoms with Crippen molar-refractivity contribution in [1.82, 2.24) is 9.59 Å². The van der Waals surface area contributed by atoms with Crippen LogP contribution in [0.25, 0.3) is 0 Å². The zero-order chi connectivity index (χ0) is 15.0. The van der Waals surface area contributed by atoms with Gasteiger partial charge in [0.15, 0.2) is 0 Å². The Hall–Kier alpha value is -2.28. The topological polar surface area (TPSA) is 75.2 Å². The molecular formula is C14H14N4O2S. The summed E-state index contributed by atoms with van der Waals surface area (Å²) in [5.74, 6) is -0.127. The van der Waals surface area contributed by atoms with E-state index in [9.17, 15) is 9.59 Å². The molecule has 0 aliphatic carbocycles. The molecule has 0 saturated carbocycles. The molecule has 1 N–H and O–H groups in total. The molecule has 0 unspecified atom stereocenters. The Morgan fingerprint density at radius 3 is 2.95 bits per heavy atom. The van der Waals surface area contributed by atoms with Crippen molar-refractivity contribution in [1.29, 1.82) is 0 Å². The van der Waals surface area contributed by atoms with Gasteiger partial charge in [0.1, 0.15) is 4.88 Å². The van der Waals surface area contributed by atoms with Crippen molar-refractivity contribution in [2.24, 2.45) is 0 Å². The number of hydrogen-bond donors (Lipinski definition) is 1. The van der Waals surface area contributed by atoms with Gasteiger partial charge in [0.05, 0.1) is 12.1 Å². The second kappa shape index (κ2) is 5.25. The standard InChI is InChI=1S/C14H14N4O2S/c1-3-18-11-5-4-10(6-9(11)7-12(18)19)15-14(20)13-8(2)16-17-21-13/h4-6H,3,7H2,1-2H3,(H,15,20). The molecule has 0 fully saturated rings. The molecule has 21 heavy (non-hydrogen) atoms. The number of nitrogens with one attached hydrogen (secondary N) is 1. The molecule has 0 radical (unpaired) electrons. The van der Waals surface area contributed by atoms with Crippen molar-refractivity contribution in [2.45, 2.75) is 20.3 Å². The highest BCUT2D eigenvalue weighted by Gasteiger charge is 2.26. The van der Waals surface area contributed by atoms with Crippen LogP contribution in [-0.2, 0) is 11.2 Å². The fraction of sp³-hybridized carbons (Fsp3) is 0.286. The quantitative estimate of drug-likeness (QED) is 0.941. The molecule has 1 aromatic heterocycles. The highest BCUT2D eigenvalue weighted by Crippen LogP contribution is 2.31. The third-order valence-corrected chi connectivity index (χ3v) is 4.27. The summed E-state index contributed by atoms with van der Waals surface area (Å²) in [5.41, 5.74) is 3.17. The van der Waals surface area contributed by atoms with Gasteiger partial charge >= 0.3 is 0 Å². The smallest absolute Gasteiger partial charge is 0.269 e. The van der Waals surface area contributed by atoms with Crippen LogP contribution in [0.1, 0.15) is 27.9 Å². The summed E-state index contributed by atoms with van der Waals surface area (Å²) >= 11 is 1.07. The monoisotopic (exact) mass is 302 g/mol. The fourth-order valence-corrected chi connectivity index (χ4v) is 2.99. The number of rotatable bonds is 3. The SMILES string of the molecule is CCN1C(=O)Cc2cc(NC(=O)c3snnc3C)ccc21. The lowest BCUT2D eigenvalue weighted by atomic mass is 10.1. The Morgan fingerprint density at radius 1 is 1.48 bits per heavy atom. The van der Waals surface area contributed by atoms with Gasteiger partial charge in [-0.25, -0.2) is 0 Å². The normalized spacial score (nSPS) is 13.4. The summed E-state index contributed by atoms with van der Waals surface area (Å²) in [6.07, 6.45) is 0.383. The summed E-state index contributed by atoms with van der Waals surface area (Å²) in [5, 5.41) is 6.65. The Kier molecular flexibility index (Phi) is 3.42. The highest BCUT2D eigenvalue weighted by molar-refractivity contribution is 7.08. The predicted molar refractivity (Wildman–Crippen MR) is 80.8 cm³/mol. The van der Waals surface area contributed by atoms with Crippen molar-refractivity contribution >= 4 is 34.7 Å². The molecule has 108 valence electrons. The van der Waals surface area contributed by atoms with E-state index in [1.54, 1.807) is 11.8 Å². The van der Waals surface area contributed by atoms with E-state index in [2.05, 4.69) is 14.9 Å². The average Bonchev–Trinajstić information content (AvgIpc) is 3.00. The number of nitrogens with zero attached hydrogens (tertiary/aromatic N) is 3. The first-order valence-corrected chi connectivity index (χ1v) is 7.41. The molecule has 0 bridgehead atoms. The van der Waals surface area contributed by atoms with E-state index in [0.717, 1.165) is 22.8 Å². The van der Waals surface area contributed by atoms with E-state index in [1.807, 2.05) is 25.1 Å². The van der Waals surface area contributed by atoms with Gasteiger partial charge in [-0.3, -0.25) is 9.59 Å². The third kappa shape index (κ3) is 2.40. The second-order valence-corrected chi connectivity index (χ2v) is 5.55. The van der Waals surface area contributed by atoms with E-state index in [4.69, 9.17) is 0 Å². The zero-order valence-corrected chi connectivity index (χ0v) is 12.5. The number of amides is 2. The third-order valence-electron chi connectivity index (χ3n) is 3.44. The Balaban J connectivity index is 1.83. The van der Waals surface area contributed by atoms with Crippen molar-refractivity contribution in [2.75, 3.05) is 16.8 Å². The lowest BCUT2D eigenvalue weighted by molar-refractivity contribution is -0.117. The number of benzene rings is 1. The summed E-state index contributed by atoms with van der Waals surface area (Å²) < 4.78 is 3.75. The summed E-state index contributed by atoms with van der Waals surface area (Å²) in [6, 6.07) is 5.53. The molecule has 6 nitrogen and oxygen atoms in total. The van der Waals surface area contributed by atoms with Crippen LogP contribution in [0.4, 0.5) is 11.4 Å². The van der Waals surface area contributed by atoms with E-state index >= 15 is 0 Å². The van der Waals surface area contributed by atoms with Gasteiger partial charge in [-0.15, -0.1) is 5.10 Å². The minimum absolute atomic E-state index is 0.0958. The molecule has 0 atom stereocenters. The number of anilines is 2. The second-order valence-electron chi connectivity index (χ2n) is 4.80. The lowest BCUT2D eigenvalue weighted by Gasteiger charge is -2.14. The van der Waals surface area contributed by atoms with Gasteiger partial charge in [0.25, 0.3) is 5.91 Å². The number of fused-ring (bicyclic) bond motifs is 1. The van der Waals surface area contributed by atoms with Crippen molar-refractivity contribution in [3.05, 3.63) is 34.3 Å². The molecule has 2 amide bonds. The summed E-state index contributed by atoms with van der Waals surface area (Å²) in [6.45, 7) is 4.35. The van der Waals surface area contributed by atoms with E-state index in [0.29, 0.717) is 29.2 Å². The maximum atomic E-state index is 12.1. The molecule has 2 aromatic rings. The van der Waals surface area contributed by atoms with Crippen LogP contribution >= 0.6 is 11.5 Å². The molecule has 1 aromatic carbocycles. The molecule has 7 heteroatoms. The van der Waals surface area contributed by atoms with E-state index < -0.39 is 0 Å². The molecule has 3 rings (SSSR count). The van der Waals surface area contributed by atoms with Crippen LogP contribution in [0.5, 0.6) is 0 Å². The van der Waals surface area contributed by atoms with Crippen LogP contribution in [0, 0.1) is 6.92 Å². The van der Waals surface area contributed by atoms with Crippen LogP contribution in [0.15, 0.2) is 18.2 Å². The number of aryl methyl sites for hydroxylation is 1. The number of aromatic nitrogens is 2. The van der Waals surface area contributed by atoms with Gasteiger partial charge in [-0.1, -0.05) is 4.49 Å². The number of carbonyl (C=O) groups excluding carboxylic acids is 2. The maximum absolute atomic E-state index is 12.1. The maximum Gasteiger partial charge on any atom is 0.269 e. The minimum atomic E-state index is -0.223. The Labute approximate surface area is 125 Å². The van der Waals surface area contributed by atoms with E-state index in [-0.39, 0.29) is 11.8 Å². The van der Waals surface area contributed by atoms with Gasteiger partial charge in [-0.2, -0.15) is 0 Å². The number of carbonyl (C=O) groups is 2. The molecular weight excluding hydrogens is 288 g/mol. The van der Waals surface area contributed by atoms with Gasteiger partial charge in [0.2, 0.25) is 5.91 Å². The molecule has 0 spiro atoms. The summed E-state index contributed by atoms with van der Waals surface area (Å²) in [4.78, 5) is 26.2. The minimum Gasteiger partial charge on any atom is -0.321 e. The van der Waals surface area contributed by atoms with Crippen LogP contribution in [-0.4, -0.2) is 27.9 Å². The van der Waals surface area contributed by atoms with Crippen LogP contribution in [0.3, 0.4) is 0 Å². The first-order chi connectivity index (χ1) is 10.1. The average molecular weight is 302 g/mol. The highest BCUT2D eigenvalue weighted by atomic mass is 32.1. The molecule has 1 aliphatic heterocycles. The largest absolute Gasteiger partial charge is 0.321 e. The number of likely N-dealkylation sites (N-methyl/N-ethyl adjacent to an activating group) is 1. The zero-order valence-electron chi connectivity index (χ0n) is 11.7. The van der Waals surface area contributed by atoms with Crippen molar-refractivity contribution in [3.63, 3.8) is 0 Å². The lowest BCUT2D eigenvalue weighted by Crippen LogP contribution is -2.25. The summed E-state index contributed by atoms with van der Waals surface area (Å²) in [7, 11) is 0. The van der Waals surface area contributed by atoms with Crippen LogP contribution in [0.2, 0.25) is 0 Å².